The van der Waals surface area contributed by atoms with Gasteiger partial charge in [-0.15, -0.1) is 0 Å². The number of carboxylic acid groups (broad SMARTS) is 1. The van der Waals surface area contributed by atoms with Crippen molar-refractivity contribution in [1.82, 2.24) is 5.32 Å². The molecule has 8 heteroatoms. The molecule has 2 atom stereocenters. The highest BCUT2D eigenvalue weighted by Crippen LogP contribution is 2.14. The van der Waals surface area contributed by atoms with Crippen LogP contribution in [0.15, 0.2) is 0 Å². The van der Waals surface area contributed by atoms with Gasteiger partial charge in [-0.1, -0.05) is 13.3 Å². The molecule has 0 saturated heterocycles. The first-order valence-corrected chi connectivity index (χ1v) is 9.15. The molecule has 0 spiro atoms. The summed E-state index contributed by atoms with van der Waals surface area (Å²) < 4.78 is 22.1. The van der Waals surface area contributed by atoms with E-state index in [0.29, 0.717) is 18.9 Å². The fourth-order valence-electron chi connectivity index (χ4n) is 1.98. The first-order chi connectivity index (χ1) is 9.69. The summed E-state index contributed by atoms with van der Waals surface area (Å²) in [4.78, 5) is 22.8. The average molecular weight is 322 g/mol. The Kier molecular flexibility index (Phi) is 9.19. The van der Waals surface area contributed by atoms with Crippen LogP contribution < -0.4 is 11.1 Å². The van der Waals surface area contributed by atoms with Crippen LogP contribution in [0.4, 0.5) is 0 Å². The van der Waals surface area contributed by atoms with Gasteiger partial charge < -0.3 is 16.2 Å². The Hall–Kier alpha value is -1.15. The van der Waals surface area contributed by atoms with Crippen LogP contribution in [0, 0.1) is 5.92 Å². The molecular formula is C13H26N2O5S. The second kappa shape index (κ2) is 9.73. The van der Waals surface area contributed by atoms with E-state index in [1.807, 2.05) is 6.92 Å². The van der Waals surface area contributed by atoms with Crippen LogP contribution >= 0.6 is 0 Å². The lowest BCUT2D eigenvalue weighted by Crippen LogP contribution is -2.42. The SMILES string of the molecule is CCC(CCN)CCC(=O)NC(CCS(C)(=O)=O)C(=O)O. The zero-order valence-electron chi connectivity index (χ0n) is 12.7. The zero-order chi connectivity index (χ0) is 16.5. The van der Waals surface area contributed by atoms with Crippen molar-refractivity contribution in [2.24, 2.45) is 11.7 Å². The summed E-state index contributed by atoms with van der Waals surface area (Å²) in [5, 5.41) is 11.4. The highest BCUT2D eigenvalue weighted by atomic mass is 32.2. The molecule has 4 N–H and O–H groups in total. The number of carboxylic acids is 1. The number of carbonyl (C=O) groups is 2. The van der Waals surface area contributed by atoms with Gasteiger partial charge in [-0.3, -0.25) is 4.79 Å². The largest absolute Gasteiger partial charge is 0.480 e. The van der Waals surface area contributed by atoms with Gasteiger partial charge in [-0.25, -0.2) is 13.2 Å². The van der Waals surface area contributed by atoms with Crippen LogP contribution in [0.1, 0.15) is 39.0 Å². The van der Waals surface area contributed by atoms with Crippen molar-refractivity contribution >= 4 is 21.7 Å². The highest BCUT2D eigenvalue weighted by molar-refractivity contribution is 7.90. The van der Waals surface area contributed by atoms with E-state index in [1.54, 1.807) is 0 Å². The van der Waals surface area contributed by atoms with E-state index in [4.69, 9.17) is 10.8 Å². The maximum absolute atomic E-state index is 11.8. The molecule has 0 radical (unpaired) electrons. The molecule has 0 aliphatic carbocycles. The van der Waals surface area contributed by atoms with Gasteiger partial charge in [0, 0.05) is 12.7 Å². The maximum atomic E-state index is 11.8. The molecule has 0 rings (SSSR count). The summed E-state index contributed by atoms with van der Waals surface area (Å²) in [5.74, 6) is -1.51. The van der Waals surface area contributed by atoms with Crippen molar-refractivity contribution in [2.45, 2.75) is 45.1 Å². The predicted octanol–water partition coefficient (Wildman–Crippen LogP) is 0.146. The topological polar surface area (TPSA) is 127 Å². The molecule has 21 heavy (non-hydrogen) atoms. The Morgan fingerprint density at radius 3 is 2.29 bits per heavy atom. The van der Waals surface area contributed by atoms with E-state index < -0.39 is 21.8 Å². The van der Waals surface area contributed by atoms with E-state index in [-0.39, 0.29) is 24.5 Å². The first kappa shape index (κ1) is 19.9. The molecule has 0 aliphatic heterocycles. The Morgan fingerprint density at radius 2 is 1.86 bits per heavy atom. The van der Waals surface area contributed by atoms with Gasteiger partial charge in [0.1, 0.15) is 15.9 Å². The fourth-order valence-corrected chi connectivity index (χ4v) is 2.64. The van der Waals surface area contributed by atoms with Crippen LogP contribution in [0.5, 0.6) is 0 Å². The van der Waals surface area contributed by atoms with Gasteiger partial charge in [0.05, 0.1) is 5.75 Å². The van der Waals surface area contributed by atoms with E-state index in [1.165, 1.54) is 0 Å². The monoisotopic (exact) mass is 322 g/mol. The standard InChI is InChI=1S/C13H26N2O5S/c1-3-10(6-8-14)4-5-12(16)15-11(13(17)18)7-9-21(2,19)20/h10-11H,3-9,14H2,1-2H3,(H,15,16)(H,17,18). The zero-order valence-corrected chi connectivity index (χ0v) is 13.5. The molecule has 0 aromatic carbocycles. The van der Waals surface area contributed by atoms with Crippen LogP contribution in [0.25, 0.3) is 0 Å². The number of nitrogens with one attached hydrogen (secondary N) is 1. The van der Waals surface area contributed by atoms with Crippen molar-refractivity contribution < 1.29 is 23.1 Å². The van der Waals surface area contributed by atoms with Crippen LogP contribution in [-0.2, 0) is 19.4 Å². The Bertz CT molecular complexity index is 436. The quantitative estimate of drug-likeness (QED) is 0.497. The minimum atomic E-state index is -3.25. The number of hydrogen-bond donors (Lipinski definition) is 3. The van der Waals surface area contributed by atoms with E-state index in [0.717, 1.165) is 19.1 Å². The number of aliphatic carboxylic acids is 1. The van der Waals surface area contributed by atoms with Gasteiger partial charge in [-0.05, 0) is 31.7 Å². The van der Waals surface area contributed by atoms with Crippen molar-refractivity contribution in [2.75, 3.05) is 18.6 Å². The maximum Gasteiger partial charge on any atom is 0.326 e. The second-order valence-corrected chi connectivity index (χ2v) is 7.53. The van der Waals surface area contributed by atoms with E-state index >= 15 is 0 Å². The lowest BCUT2D eigenvalue weighted by molar-refractivity contribution is -0.141. The minimum Gasteiger partial charge on any atom is -0.480 e. The molecule has 0 aromatic heterocycles. The number of rotatable bonds is 11. The van der Waals surface area contributed by atoms with Gasteiger partial charge in [0.25, 0.3) is 0 Å². The van der Waals surface area contributed by atoms with Crippen molar-refractivity contribution in [3.05, 3.63) is 0 Å². The molecule has 0 aliphatic rings. The molecule has 7 nitrogen and oxygen atoms in total. The number of amides is 1. The smallest absolute Gasteiger partial charge is 0.326 e. The fraction of sp³-hybridized carbons (Fsp3) is 0.846. The summed E-state index contributed by atoms with van der Waals surface area (Å²) in [6.07, 6.45) is 3.53. The predicted molar refractivity (Wildman–Crippen MR) is 80.6 cm³/mol. The number of nitrogens with two attached hydrogens (primary N) is 1. The summed E-state index contributed by atoms with van der Waals surface area (Å²) in [6.45, 7) is 2.58. The number of hydrogen-bond acceptors (Lipinski definition) is 5. The Morgan fingerprint density at radius 1 is 1.24 bits per heavy atom. The normalized spacial score (nSPS) is 14.4. The molecule has 0 fully saturated rings. The third-order valence-electron chi connectivity index (χ3n) is 3.34. The van der Waals surface area contributed by atoms with Crippen LogP contribution in [0.2, 0.25) is 0 Å². The lowest BCUT2D eigenvalue weighted by Gasteiger charge is -2.16. The molecule has 0 heterocycles. The van der Waals surface area contributed by atoms with Crippen LogP contribution in [0.3, 0.4) is 0 Å². The second-order valence-electron chi connectivity index (χ2n) is 5.27. The van der Waals surface area contributed by atoms with Gasteiger partial charge in [0.15, 0.2) is 0 Å². The summed E-state index contributed by atoms with van der Waals surface area (Å²) in [5.41, 5.74) is 5.48. The van der Waals surface area contributed by atoms with E-state index in [2.05, 4.69) is 5.32 Å². The van der Waals surface area contributed by atoms with Gasteiger partial charge >= 0.3 is 5.97 Å². The van der Waals surface area contributed by atoms with Crippen LogP contribution in [-0.4, -0.2) is 50.0 Å². The molecule has 124 valence electrons. The lowest BCUT2D eigenvalue weighted by atomic mass is 9.96. The van der Waals surface area contributed by atoms with E-state index in [9.17, 15) is 18.0 Å². The van der Waals surface area contributed by atoms with Gasteiger partial charge in [0.2, 0.25) is 5.91 Å². The Labute approximate surface area is 126 Å². The summed E-state index contributed by atoms with van der Waals surface area (Å²) >= 11 is 0. The molecular weight excluding hydrogens is 296 g/mol. The minimum absolute atomic E-state index is 0.125. The Balaban J connectivity index is 4.32. The summed E-state index contributed by atoms with van der Waals surface area (Å²) in [6, 6.07) is -1.16. The summed E-state index contributed by atoms with van der Waals surface area (Å²) in [7, 11) is -3.25. The number of sulfone groups is 1. The van der Waals surface area contributed by atoms with Crippen molar-refractivity contribution in [3.8, 4) is 0 Å². The molecule has 0 saturated carbocycles. The number of carbonyl (C=O) groups excluding carboxylic acids is 1. The molecule has 0 aromatic rings. The molecule has 2 unspecified atom stereocenters. The van der Waals surface area contributed by atoms with Crippen molar-refractivity contribution in [1.29, 1.82) is 0 Å². The van der Waals surface area contributed by atoms with Crippen molar-refractivity contribution in [3.63, 3.8) is 0 Å². The molecule has 1 amide bonds. The average Bonchev–Trinajstić information content (AvgIpc) is 2.37. The third-order valence-corrected chi connectivity index (χ3v) is 4.32. The highest BCUT2D eigenvalue weighted by Gasteiger charge is 2.21. The molecule has 0 bridgehead atoms. The first-order valence-electron chi connectivity index (χ1n) is 7.09. The van der Waals surface area contributed by atoms with Gasteiger partial charge in [-0.2, -0.15) is 0 Å². The third kappa shape index (κ3) is 10.3.